The maximum absolute atomic E-state index is 12.3. The number of ether oxygens (including phenoxy) is 1. The molecule has 19 heavy (non-hydrogen) atoms. The number of nitrogens with zero attached hydrogens (tertiary/aromatic N) is 2. The average molecular weight is 327 g/mol. The molecule has 1 aromatic heterocycles. The first-order valence-corrected chi connectivity index (χ1v) is 7.38. The van der Waals surface area contributed by atoms with Crippen molar-refractivity contribution in [3.8, 4) is 0 Å². The van der Waals surface area contributed by atoms with Crippen LogP contribution in [0.3, 0.4) is 0 Å². The van der Waals surface area contributed by atoms with Gasteiger partial charge in [0.25, 0.3) is 5.91 Å². The fourth-order valence-corrected chi connectivity index (χ4v) is 2.79. The molecule has 1 aliphatic heterocycles. The van der Waals surface area contributed by atoms with Crippen LogP contribution in [0.5, 0.6) is 0 Å². The molecule has 1 amide bonds. The van der Waals surface area contributed by atoms with Crippen LogP contribution in [0.4, 0.5) is 0 Å². The Bertz CT molecular complexity index is 431. The van der Waals surface area contributed by atoms with Gasteiger partial charge < -0.3 is 9.64 Å². The summed E-state index contributed by atoms with van der Waals surface area (Å²) in [5.41, 5.74) is 0.657. The summed E-state index contributed by atoms with van der Waals surface area (Å²) in [6.07, 6.45) is 6.54. The zero-order valence-electron chi connectivity index (χ0n) is 11.1. The van der Waals surface area contributed by atoms with Gasteiger partial charge in [0.1, 0.15) is 0 Å². The van der Waals surface area contributed by atoms with E-state index in [1.807, 2.05) is 11.0 Å². The largest absolute Gasteiger partial charge is 0.385 e. The summed E-state index contributed by atoms with van der Waals surface area (Å²) in [6, 6.07) is 1.83. The van der Waals surface area contributed by atoms with Crippen molar-refractivity contribution in [2.24, 2.45) is 5.92 Å². The number of amides is 1. The molecular formula is C14H19BrN2O2. The maximum Gasteiger partial charge on any atom is 0.255 e. The van der Waals surface area contributed by atoms with Crippen LogP contribution >= 0.6 is 15.9 Å². The number of carbonyl (C=O) groups excluding carboxylic acids is 1. The molecule has 0 N–H and O–H groups in total. The van der Waals surface area contributed by atoms with Crippen molar-refractivity contribution in [1.29, 1.82) is 0 Å². The van der Waals surface area contributed by atoms with Gasteiger partial charge in [-0.3, -0.25) is 9.78 Å². The van der Waals surface area contributed by atoms with Gasteiger partial charge in [-0.25, -0.2) is 0 Å². The van der Waals surface area contributed by atoms with Crippen LogP contribution < -0.4 is 0 Å². The highest BCUT2D eigenvalue weighted by Crippen LogP contribution is 2.22. The van der Waals surface area contributed by atoms with E-state index in [1.54, 1.807) is 19.5 Å². The number of rotatable bonds is 4. The molecule has 0 aliphatic carbocycles. The van der Waals surface area contributed by atoms with Gasteiger partial charge in [0.2, 0.25) is 0 Å². The van der Waals surface area contributed by atoms with E-state index in [-0.39, 0.29) is 5.91 Å². The molecule has 2 rings (SSSR count). The molecule has 0 radical (unpaired) electrons. The third-order valence-electron chi connectivity index (χ3n) is 3.58. The molecule has 0 atom stereocenters. The first-order valence-electron chi connectivity index (χ1n) is 6.59. The van der Waals surface area contributed by atoms with E-state index in [4.69, 9.17) is 4.74 Å². The molecule has 0 spiro atoms. The molecule has 4 nitrogen and oxygen atoms in total. The SMILES string of the molecule is COCCC1CCN(C(=O)c2cncc(Br)c2)CC1. The van der Waals surface area contributed by atoms with Crippen molar-refractivity contribution in [3.63, 3.8) is 0 Å². The van der Waals surface area contributed by atoms with E-state index in [2.05, 4.69) is 20.9 Å². The summed E-state index contributed by atoms with van der Waals surface area (Å²) in [5.74, 6) is 0.767. The molecule has 1 aromatic rings. The molecule has 0 aromatic carbocycles. The van der Waals surface area contributed by atoms with Gasteiger partial charge in [0.05, 0.1) is 5.56 Å². The Morgan fingerprint density at radius 1 is 1.47 bits per heavy atom. The van der Waals surface area contributed by atoms with Crippen LogP contribution in [-0.2, 0) is 4.74 Å². The Morgan fingerprint density at radius 2 is 2.21 bits per heavy atom. The van der Waals surface area contributed by atoms with Crippen molar-refractivity contribution in [2.75, 3.05) is 26.8 Å². The lowest BCUT2D eigenvalue weighted by Gasteiger charge is -2.32. The van der Waals surface area contributed by atoms with Crippen molar-refractivity contribution in [2.45, 2.75) is 19.3 Å². The normalized spacial score (nSPS) is 16.6. The Morgan fingerprint density at radius 3 is 2.84 bits per heavy atom. The lowest BCUT2D eigenvalue weighted by Crippen LogP contribution is -2.38. The minimum atomic E-state index is 0.0824. The number of aromatic nitrogens is 1. The van der Waals surface area contributed by atoms with E-state index in [1.165, 1.54) is 0 Å². The molecule has 0 bridgehead atoms. The van der Waals surface area contributed by atoms with Gasteiger partial charge in [-0.2, -0.15) is 0 Å². The van der Waals surface area contributed by atoms with Gasteiger partial charge in [0.15, 0.2) is 0 Å². The molecule has 1 fully saturated rings. The van der Waals surface area contributed by atoms with Gasteiger partial charge in [-0.15, -0.1) is 0 Å². The Labute approximate surface area is 122 Å². The highest BCUT2D eigenvalue weighted by Gasteiger charge is 2.23. The first-order chi connectivity index (χ1) is 9.20. The first kappa shape index (κ1) is 14.5. The van der Waals surface area contributed by atoms with Crippen molar-refractivity contribution in [1.82, 2.24) is 9.88 Å². The number of hydrogen-bond donors (Lipinski definition) is 0. The van der Waals surface area contributed by atoms with E-state index in [0.717, 1.165) is 43.4 Å². The molecule has 0 unspecified atom stereocenters. The topological polar surface area (TPSA) is 42.4 Å². The van der Waals surface area contributed by atoms with Gasteiger partial charge in [0, 0.05) is 43.7 Å². The second kappa shape index (κ2) is 7.01. The van der Waals surface area contributed by atoms with Crippen LogP contribution in [0.2, 0.25) is 0 Å². The number of halogens is 1. The van der Waals surface area contributed by atoms with E-state index in [0.29, 0.717) is 11.5 Å². The molecule has 1 aliphatic rings. The highest BCUT2D eigenvalue weighted by molar-refractivity contribution is 9.10. The Balaban J connectivity index is 1.89. The summed E-state index contributed by atoms with van der Waals surface area (Å²) in [7, 11) is 1.74. The third kappa shape index (κ3) is 4.01. The van der Waals surface area contributed by atoms with Crippen LogP contribution in [-0.4, -0.2) is 42.6 Å². The summed E-state index contributed by atoms with van der Waals surface area (Å²) in [5, 5.41) is 0. The summed E-state index contributed by atoms with van der Waals surface area (Å²) < 4.78 is 5.95. The zero-order chi connectivity index (χ0) is 13.7. The molecule has 1 saturated heterocycles. The van der Waals surface area contributed by atoms with Crippen molar-refractivity contribution >= 4 is 21.8 Å². The number of piperidine rings is 1. The number of hydrogen-bond acceptors (Lipinski definition) is 3. The van der Waals surface area contributed by atoms with E-state index in [9.17, 15) is 4.79 Å². The van der Waals surface area contributed by atoms with Crippen molar-refractivity contribution in [3.05, 3.63) is 28.5 Å². The minimum Gasteiger partial charge on any atom is -0.385 e. The second-order valence-corrected chi connectivity index (χ2v) is 5.82. The van der Waals surface area contributed by atoms with Crippen LogP contribution in [0.25, 0.3) is 0 Å². The predicted molar refractivity (Wildman–Crippen MR) is 77.1 cm³/mol. The number of carbonyl (C=O) groups is 1. The summed E-state index contributed by atoms with van der Waals surface area (Å²) in [6.45, 7) is 2.48. The highest BCUT2D eigenvalue weighted by atomic mass is 79.9. The van der Waals surface area contributed by atoms with E-state index >= 15 is 0 Å². The average Bonchev–Trinajstić information content (AvgIpc) is 2.45. The predicted octanol–water partition coefficient (Wildman–Crippen LogP) is 2.73. The molecular weight excluding hydrogens is 308 g/mol. The fourth-order valence-electron chi connectivity index (χ4n) is 2.42. The van der Waals surface area contributed by atoms with Crippen LogP contribution in [0.1, 0.15) is 29.6 Å². The number of pyridine rings is 1. The second-order valence-electron chi connectivity index (χ2n) is 4.91. The van der Waals surface area contributed by atoms with Gasteiger partial charge in [-0.05, 0) is 47.2 Å². The standard InChI is InChI=1S/C14H19BrN2O2/c1-19-7-4-11-2-5-17(6-3-11)14(18)12-8-13(15)10-16-9-12/h8-11H,2-7H2,1H3. The van der Waals surface area contributed by atoms with Crippen LogP contribution in [0.15, 0.2) is 22.9 Å². The quantitative estimate of drug-likeness (QED) is 0.854. The zero-order valence-corrected chi connectivity index (χ0v) is 12.7. The smallest absolute Gasteiger partial charge is 0.255 e. The monoisotopic (exact) mass is 326 g/mol. The summed E-state index contributed by atoms with van der Waals surface area (Å²) in [4.78, 5) is 18.3. The van der Waals surface area contributed by atoms with E-state index < -0.39 is 0 Å². The molecule has 0 saturated carbocycles. The molecule has 5 heteroatoms. The molecule has 2 heterocycles. The Kier molecular flexibility index (Phi) is 5.34. The lowest BCUT2D eigenvalue weighted by atomic mass is 9.93. The van der Waals surface area contributed by atoms with Crippen molar-refractivity contribution < 1.29 is 9.53 Å². The fraction of sp³-hybridized carbons (Fsp3) is 0.571. The van der Waals surface area contributed by atoms with Gasteiger partial charge >= 0.3 is 0 Å². The number of methoxy groups -OCH3 is 1. The molecule has 104 valence electrons. The minimum absolute atomic E-state index is 0.0824. The lowest BCUT2D eigenvalue weighted by molar-refractivity contribution is 0.0669. The third-order valence-corrected chi connectivity index (χ3v) is 4.02. The Hall–Kier alpha value is -0.940. The van der Waals surface area contributed by atoms with Gasteiger partial charge in [-0.1, -0.05) is 0 Å². The van der Waals surface area contributed by atoms with Crippen LogP contribution in [0, 0.1) is 5.92 Å². The summed E-state index contributed by atoms with van der Waals surface area (Å²) >= 11 is 3.35. The number of likely N-dealkylation sites (tertiary alicyclic amines) is 1. The maximum atomic E-state index is 12.3.